The van der Waals surface area contributed by atoms with Crippen LogP contribution in [0.4, 0.5) is 25.2 Å². The number of imidazole rings is 1. The van der Waals surface area contributed by atoms with E-state index in [0.717, 1.165) is 11.0 Å². The zero-order valence-electron chi connectivity index (χ0n) is 17.4. The fraction of sp³-hybridized carbons (Fsp3) is 0.0870. The Labute approximate surface area is 195 Å². The molecular weight excluding hydrogens is 470 g/mol. The number of amides is 2. The first-order valence-corrected chi connectivity index (χ1v) is 10.3. The van der Waals surface area contributed by atoms with Gasteiger partial charge in [0, 0.05) is 5.56 Å². The number of aromatic amines is 1. The van der Waals surface area contributed by atoms with Gasteiger partial charge in [0.2, 0.25) is 11.7 Å². The highest BCUT2D eigenvalue weighted by Gasteiger charge is 2.53. The highest BCUT2D eigenvalue weighted by Crippen LogP contribution is 2.47. The van der Waals surface area contributed by atoms with Crippen molar-refractivity contribution in [1.82, 2.24) is 9.97 Å². The van der Waals surface area contributed by atoms with Crippen molar-refractivity contribution in [3.63, 3.8) is 0 Å². The number of benzene rings is 3. The Morgan fingerprint density at radius 3 is 2.74 bits per heavy atom. The summed E-state index contributed by atoms with van der Waals surface area (Å²) in [6.45, 7) is 0. The predicted octanol–water partition coefficient (Wildman–Crippen LogP) is 4.53. The van der Waals surface area contributed by atoms with Gasteiger partial charge in [-0.2, -0.15) is 0 Å². The molecule has 172 valence electrons. The number of fused-ring (bicyclic) bond motifs is 2. The van der Waals surface area contributed by atoms with Crippen LogP contribution in [0.25, 0.3) is 11.0 Å². The number of halogens is 3. The zero-order valence-corrected chi connectivity index (χ0v) is 18.2. The van der Waals surface area contributed by atoms with Crippen molar-refractivity contribution < 1.29 is 28.2 Å². The van der Waals surface area contributed by atoms with Crippen molar-refractivity contribution >= 4 is 46.3 Å². The summed E-state index contributed by atoms with van der Waals surface area (Å²) in [6.07, 6.45) is -0.752. The molecular formula is C23H15ClF2N4O4. The third kappa shape index (κ3) is 3.11. The van der Waals surface area contributed by atoms with Crippen LogP contribution in [0, 0.1) is 11.6 Å². The molecule has 3 N–H and O–H groups in total. The number of carbonyl (C=O) groups is 2. The van der Waals surface area contributed by atoms with E-state index in [4.69, 9.17) is 11.6 Å². The second kappa shape index (κ2) is 7.79. The molecule has 0 bridgehead atoms. The molecule has 1 atom stereocenters. The summed E-state index contributed by atoms with van der Waals surface area (Å²) in [5, 5.41) is 14.1. The van der Waals surface area contributed by atoms with E-state index in [9.17, 15) is 14.7 Å². The first kappa shape index (κ1) is 21.8. The molecule has 1 aliphatic rings. The van der Waals surface area contributed by atoms with Crippen molar-refractivity contribution in [2.45, 2.75) is 5.72 Å². The number of carbonyl (C=O) groups excluding carboxylic acids is 2. The molecule has 0 fully saturated rings. The van der Waals surface area contributed by atoms with Crippen molar-refractivity contribution in [3.05, 3.63) is 87.9 Å². The molecule has 0 saturated carbocycles. The van der Waals surface area contributed by atoms with Crippen LogP contribution in [0.5, 0.6) is 0 Å². The Kier molecular flexibility index (Phi) is 4.99. The van der Waals surface area contributed by atoms with E-state index < -0.39 is 29.4 Å². The summed E-state index contributed by atoms with van der Waals surface area (Å²) in [5.41, 5.74) is -2.40. The molecule has 0 spiro atoms. The maximum absolute atomic E-state index is 15.1. The number of hydrogen-bond acceptors (Lipinski definition) is 5. The highest BCUT2D eigenvalue weighted by molar-refractivity contribution is 6.31. The maximum Gasteiger partial charge on any atom is 0.413 e. The van der Waals surface area contributed by atoms with E-state index in [1.54, 1.807) is 0 Å². The number of aliphatic hydroxyl groups is 1. The molecule has 34 heavy (non-hydrogen) atoms. The molecule has 1 aliphatic heterocycles. The standard InChI is InChI=1S/C23H15ClF2N4O4/c1-34-22(32)29-21-27-15-9-8-11(10-16(15)28-21)23(33)18-12(4-2-6-14(18)25)20(31)30(23)17-7-3-5-13(24)19(17)26/h2-10,33H,1H3,(H2,27,28,29,32). The van der Waals surface area contributed by atoms with Crippen LogP contribution in [-0.4, -0.2) is 34.2 Å². The summed E-state index contributed by atoms with van der Waals surface area (Å²) in [5.74, 6) is -2.54. The summed E-state index contributed by atoms with van der Waals surface area (Å²) in [4.78, 5) is 32.6. The first-order valence-electron chi connectivity index (χ1n) is 9.91. The van der Waals surface area contributed by atoms with Crippen LogP contribution in [0.15, 0.2) is 54.6 Å². The normalized spacial score (nSPS) is 17.2. The summed E-state index contributed by atoms with van der Waals surface area (Å²) < 4.78 is 34.6. The number of methoxy groups -OCH3 is 1. The van der Waals surface area contributed by atoms with Crippen LogP contribution in [0.1, 0.15) is 21.5 Å². The molecule has 0 radical (unpaired) electrons. The Hall–Kier alpha value is -4.02. The minimum Gasteiger partial charge on any atom is -0.453 e. The van der Waals surface area contributed by atoms with Gasteiger partial charge in [0.1, 0.15) is 5.82 Å². The molecule has 0 aliphatic carbocycles. The molecule has 3 aromatic carbocycles. The SMILES string of the molecule is COC(=O)Nc1nc2ccc(C3(O)c4c(F)cccc4C(=O)N3c3cccc(Cl)c3F)cc2[nH]1. The molecule has 0 saturated heterocycles. The second-order valence-electron chi connectivity index (χ2n) is 7.48. The Bertz CT molecular complexity index is 1490. The number of nitrogens with zero attached hydrogens (tertiary/aromatic N) is 2. The molecule has 4 aromatic rings. The van der Waals surface area contributed by atoms with Gasteiger partial charge in [0.25, 0.3) is 5.91 Å². The summed E-state index contributed by atoms with van der Waals surface area (Å²) in [7, 11) is 1.19. The van der Waals surface area contributed by atoms with Gasteiger partial charge in [0.05, 0.1) is 40.0 Å². The molecule has 2 amide bonds. The molecule has 2 heterocycles. The minimum absolute atomic E-state index is 0.0462. The smallest absolute Gasteiger partial charge is 0.413 e. The molecule has 8 nitrogen and oxygen atoms in total. The molecule has 11 heteroatoms. The van der Waals surface area contributed by atoms with Crippen molar-refractivity contribution in [1.29, 1.82) is 0 Å². The van der Waals surface area contributed by atoms with E-state index in [1.807, 2.05) is 0 Å². The molecule has 1 unspecified atom stereocenters. The van der Waals surface area contributed by atoms with Gasteiger partial charge in [-0.15, -0.1) is 0 Å². The Morgan fingerprint density at radius 1 is 1.21 bits per heavy atom. The van der Waals surface area contributed by atoms with Gasteiger partial charge in [-0.1, -0.05) is 29.8 Å². The quantitative estimate of drug-likeness (QED) is 0.396. The van der Waals surface area contributed by atoms with Crippen LogP contribution in [0.3, 0.4) is 0 Å². The lowest BCUT2D eigenvalue weighted by molar-refractivity contribution is 0.0681. The van der Waals surface area contributed by atoms with Crippen molar-refractivity contribution in [3.8, 4) is 0 Å². The fourth-order valence-corrected chi connectivity index (χ4v) is 4.26. The summed E-state index contributed by atoms with van der Waals surface area (Å²) >= 11 is 5.93. The maximum atomic E-state index is 15.1. The topological polar surface area (TPSA) is 108 Å². The lowest BCUT2D eigenvalue weighted by Crippen LogP contribution is -2.45. The van der Waals surface area contributed by atoms with E-state index in [-0.39, 0.29) is 33.3 Å². The largest absolute Gasteiger partial charge is 0.453 e. The number of rotatable bonds is 3. The Morgan fingerprint density at radius 2 is 1.97 bits per heavy atom. The average molecular weight is 485 g/mol. The predicted molar refractivity (Wildman–Crippen MR) is 120 cm³/mol. The van der Waals surface area contributed by atoms with Crippen molar-refractivity contribution in [2.24, 2.45) is 0 Å². The monoisotopic (exact) mass is 484 g/mol. The number of ether oxygens (including phenoxy) is 1. The number of anilines is 2. The fourth-order valence-electron chi connectivity index (χ4n) is 4.09. The van der Waals surface area contributed by atoms with E-state index in [1.165, 1.54) is 55.6 Å². The van der Waals surface area contributed by atoms with Crippen LogP contribution < -0.4 is 10.2 Å². The van der Waals surface area contributed by atoms with Crippen LogP contribution >= 0.6 is 11.6 Å². The van der Waals surface area contributed by atoms with Crippen LogP contribution in [0.2, 0.25) is 5.02 Å². The second-order valence-corrected chi connectivity index (χ2v) is 7.89. The number of nitrogens with one attached hydrogen (secondary N) is 2. The van der Waals surface area contributed by atoms with Crippen LogP contribution in [-0.2, 0) is 10.5 Å². The van der Waals surface area contributed by atoms with Gasteiger partial charge < -0.3 is 14.8 Å². The Balaban J connectivity index is 1.74. The lowest BCUT2D eigenvalue weighted by Gasteiger charge is -2.35. The number of hydrogen-bond donors (Lipinski definition) is 3. The van der Waals surface area contributed by atoms with E-state index >= 15 is 8.78 Å². The van der Waals surface area contributed by atoms with E-state index in [0.29, 0.717) is 11.0 Å². The highest BCUT2D eigenvalue weighted by atomic mass is 35.5. The molecule has 5 rings (SSSR count). The number of aromatic nitrogens is 2. The lowest BCUT2D eigenvalue weighted by atomic mass is 9.92. The average Bonchev–Trinajstić information content (AvgIpc) is 3.32. The van der Waals surface area contributed by atoms with E-state index in [2.05, 4.69) is 20.0 Å². The van der Waals surface area contributed by atoms with Gasteiger partial charge in [0.15, 0.2) is 5.82 Å². The first-order chi connectivity index (χ1) is 16.3. The third-order valence-corrected chi connectivity index (χ3v) is 5.87. The van der Waals surface area contributed by atoms with Gasteiger partial charge in [-0.05, 0) is 36.4 Å². The van der Waals surface area contributed by atoms with Gasteiger partial charge in [-0.3, -0.25) is 15.0 Å². The number of H-pyrrole nitrogens is 1. The van der Waals surface area contributed by atoms with Gasteiger partial charge in [-0.25, -0.2) is 18.6 Å². The summed E-state index contributed by atoms with van der Waals surface area (Å²) in [6, 6.07) is 12.1. The van der Waals surface area contributed by atoms with Crippen molar-refractivity contribution in [2.75, 3.05) is 17.3 Å². The minimum atomic E-state index is -2.42. The van der Waals surface area contributed by atoms with Gasteiger partial charge >= 0.3 is 6.09 Å². The molecule has 1 aromatic heterocycles. The zero-order chi connectivity index (χ0) is 24.2. The third-order valence-electron chi connectivity index (χ3n) is 5.58.